The van der Waals surface area contributed by atoms with Crippen molar-refractivity contribution in [2.45, 2.75) is 35.8 Å². The summed E-state index contributed by atoms with van der Waals surface area (Å²) < 4.78 is 5.77. The summed E-state index contributed by atoms with van der Waals surface area (Å²) in [4.78, 5) is 12.7. The lowest BCUT2D eigenvalue weighted by Crippen LogP contribution is -2.29. The number of carbonyl (C=O) groups is 1. The van der Waals surface area contributed by atoms with E-state index in [4.69, 9.17) is 4.42 Å². The lowest BCUT2D eigenvalue weighted by Gasteiger charge is -2.14. The highest BCUT2D eigenvalue weighted by atomic mass is 32.2. The summed E-state index contributed by atoms with van der Waals surface area (Å²) >= 11 is 1.30. The fourth-order valence-electron chi connectivity index (χ4n) is 2.63. The molecule has 1 amide bonds. The number of thioether (sulfide) groups is 1. The number of hydrogen-bond acceptors (Lipinski definition) is 5. The van der Waals surface area contributed by atoms with Gasteiger partial charge in [0.15, 0.2) is 0 Å². The van der Waals surface area contributed by atoms with Crippen LogP contribution in [-0.2, 0) is 11.2 Å². The average Bonchev–Trinajstić information content (AvgIpc) is 3.38. The minimum Gasteiger partial charge on any atom is -0.416 e. The molecule has 0 bridgehead atoms. The molecular weight excluding hydrogens is 346 g/mol. The minimum absolute atomic E-state index is 0.00786. The average molecular weight is 365 g/mol. The Morgan fingerprint density at radius 1 is 1.08 bits per heavy atom. The van der Waals surface area contributed by atoms with Crippen LogP contribution < -0.4 is 5.32 Å². The fraction of sp³-hybridized carbons (Fsp3) is 0.250. The van der Waals surface area contributed by atoms with Gasteiger partial charge in [-0.25, -0.2) is 0 Å². The third-order valence-electron chi connectivity index (χ3n) is 4.13. The van der Waals surface area contributed by atoms with Gasteiger partial charge in [0.25, 0.3) is 5.22 Å². The van der Waals surface area contributed by atoms with E-state index in [1.54, 1.807) is 0 Å². The van der Waals surface area contributed by atoms with Crippen LogP contribution in [0.5, 0.6) is 0 Å². The summed E-state index contributed by atoms with van der Waals surface area (Å²) in [5.74, 6) is 0.541. The van der Waals surface area contributed by atoms with Crippen LogP contribution in [0.15, 0.2) is 70.3 Å². The van der Waals surface area contributed by atoms with Crippen LogP contribution in [-0.4, -0.2) is 22.1 Å². The molecule has 1 saturated carbocycles. The number of carbonyl (C=O) groups excluding carboxylic acids is 1. The summed E-state index contributed by atoms with van der Waals surface area (Å²) in [6.07, 6.45) is 2.69. The van der Waals surface area contributed by atoms with Crippen molar-refractivity contribution in [2.75, 3.05) is 0 Å². The van der Waals surface area contributed by atoms with Gasteiger partial charge in [0, 0.05) is 6.04 Å². The second-order valence-corrected chi connectivity index (χ2v) is 7.37. The lowest BCUT2D eigenvalue weighted by atomic mass is 10.1. The zero-order chi connectivity index (χ0) is 17.8. The van der Waals surface area contributed by atoms with Gasteiger partial charge in [0.1, 0.15) is 5.25 Å². The third-order valence-corrected chi connectivity index (χ3v) is 5.22. The first-order chi connectivity index (χ1) is 12.8. The summed E-state index contributed by atoms with van der Waals surface area (Å²) in [7, 11) is 0. The van der Waals surface area contributed by atoms with E-state index in [1.165, 1.54) is 11.8 Å². The van der Waals surface area contributed by atoms with E-state index >= 15 is 0 Å². The van der Waals surface area contributed by atoms with Gasteiger partial charge >= 0.3 is 0 Å². The molecule has 3 aromatic rings. The predicted octanol–water partition coefficient (Wildman–Crippen LogP) is 3.77. The molecule has 1 aromatic heterocycles. The van der Waals surface area contributed by atoms with Crippen LogP contribution in [0.1, 0.15) is 35.1 Å². The van der Waals surface area contributed by atoms with Crippen LogP contribution in [0.2, 0.25) is 0 Å². The van der Waals surface area contributed by atoms with Crippen LogP contribution in [0.3, 0.4) is 0 Å². The zero-order valence-electron chi connectivity index (χ0n) is 14.2. The van der Waals surface area contributed by atoms with E-state index in [9.17, 15) is 4.79 Å². The Morgan fingerprint density at radius 3 is 2.46 bits per heavy atom. The number of benzene rings is 2. The van der Waals surface area contributed by atoms with Crippen molar-refractivity contribution in [3.63, 3.8) is 0 Å². The Morgan fingerprint density at radius 2 is 1.77 bits per heavy atom. The molecule has 1 heterocycles. The van der Waals surface area contributed by atoms with Crippen LogP contribution in [0.4, 0.5) is 0 Å². The van der Waals surface area contributed by atoms with Crippen molar-refractivity contribution in [1.82, 2.24) is 15.5 Å². The number of nitrogens with one attached hydrogen (secondary N) is 1. The Balaban J connectivity index is 1.49. The van der Waals surface area contributed by atoms with E-state index in [1.807, 2.05) is 60.7 Å². The number of hydrogen-bond donors (Lipinski definition) is 1. The second kappa shape index (κ2) is 7.74. The molecule has 0 saturated heterocycles. The summed E-state index contributed by atoms with van der Waals surface area (Å²) in [6.45, 7) is 0. The quantitative estimate of drug-likeness (QED) is 0.646. The zero-order valence-corrected chi connectivity index (χ0v) is 15.0. The Labute approximate surface area is 156 Å². The molecule has 2 aromatic carbocycles. The van der Waals surface area contributed by atoms with E-state index in [0.29, 0.717) is 23.6 Å². The molecule has 0 spiro atoms. The minimum atomic E-state index is -0.401. The highest BCUT2D eigenvalue weighted by Gasteiger charge is 2.30. The first-order valence-electron chi connectivity index (χ1n) is 8.66. The van der Waals surface area contributed by atoms with Gasteiger partial charge in [-0.1, -0.05) is 60.7 Å². The Hall–Kier alpha value is -2.60. The molecule has 4 rings (SSSR count). The predicted molar refractivity (Wildman–Crippen MR) is 99.8 cm³/mol. The van der Waals surface area contributed by atoms with E-state index < -0.39 is 5.25 Å². The normalized spacial score (nSPS) is 14.8. The molecule has 0 radical (unpaired) electrons. The fourth-order valence-corrected chi connectivity index (χ4v) is 3.54. The van der Waals surface area contributed by atoms with Gasteiger partial charge in [-0.05, 0) is 35.7 Å². The first kappa shape index (κ1) is 16.8. The van der Waals surface area contributed by atoms with Gasteiger partial charge in [-0.15, -0.1) is 10.2 Å². The highest BCUT2D eigenvalue weighted by molar-refractivity contribution is 8.00. The molecule has 1 fully saturated rings. The molecule has 26 heavy (non-hydrogen) atoms. The van der Waals surface area contributed by atoms with Gasteiger partial charge in [0.2, 0.25) is 11.8 Å². The Kier molecular flexibility index (Phi) is 5.02. The number of amides is 1. The molecule has 132 valence electrons. The van der Waals surface area contributed by atoms with Crippen molar-refractivity contribution in [3.05, 3.63) is 77.7 Å². The second-order valence-electron chi connectivity index (χ2n) is 6.32. The number of rotatable bonds is 7. The third kappa shape index (κ3) is 4.32. The molecule has 1 atom stereocenters. The maximum absolute atomic E-state index is 12.7. The van der Waals surface area contributed by atoms with Crippen molar-refractivity contribution in [2.24, 2.45) is 0 Å². The molecule has 5 nitrogen and oxygen atoms in total. The largest absolute Gasteiger partial charge is 0.416 e. The molecule has 6 heteroatoms. The van der Waals surface area contributed by atoms with Gasteiger partial charge < -0.3 is 9.73 Å². The molecule has 1 aliphatic carbocycles. The summed E-state index contributed by atoms with van der Waals surface area (Å²) in [6, 6.07) is 20.0. The monoisotopic (exact) mass is 365 g/mol. The van der Waals surface area contributed by atoms with Crippen molar-refractivity contribution >= 4 is 17.7 Å². The molecular formula is C20H19N3O2S. The topological polar surface area (TPSA) is 68.0 Å². The van der Waals surface area contributed by atoms with Crippen molar-refractivity contribution in [3.8, 4) is 0 Å². The maximum atomic E-state index is 12.7. The lowest BCUT2D eigenvalue weighted by molar-refractivity contribution is -0.120. The van der Waals surface area contributed by atoms with Crippen LogP contribution in [0, 0.1) is 0 Å². The van der Waals surface area contributed by atoms with Gasteiger partial charge in [0.05, 0.1) is 6.42 Å². The van der Waals surface area contributed by atoms with E-state index in [0.717, 1.165) is 24.0 Å². The number of nitrogens with zero attached hydrogens (tertiary/aromatic N) is 2. The molecule has 0 aliphatic heterocycles. The SMILES string of the molecule is O=C(NC1CC1)[C@@H](Sc1nnc(Cc2ccccc2)o1)c1ccccc1. The molecule has 0 unspecified atom stereocenters. The smallest absolute Gasteiger partial charge is 0.277 e. The van der Waals surface area contributed by atoms with Gasteiger partial charge in [-0.2, -0.15) is 0 Å². The van der Waals surface area contributed by atoms with E-state index in [-0.39, 0.29) is 5.91 Å². The van der Waals surface area contributed by atoms with E-state index in [2.05, 4.69) is 15.5 Å². The Bertz CT molecular complexity index is 863. The molecule has 1 N–H and O–H groups in total. The van der Waals surface area contributed by atoms with Crippen molar-refractivity contribution in [1.29, 1.82) is 0 Å². The number of aromatic nitrogens is 2. The van der Waals surface area contributed by atoms with Crippen LogP contribution in [0.25, 0.3) is 0 Å². The standard InChI is InChI=1S/C20H19N3O2S/c24-19(21-16-11-12-16)18(15-9-5-2-6-10-15)26-20-23-22-17(25-20)13-14-7-3-1-4-8-14/h1-10,16,18H,11-13H2,(H,21,24)/t18-/m0/s1. The van der Waals surface area contributed by atoms with Crippen LogP contribution >= 0.6 is 11.8 Å². The maximum Gasteiger partial charge on any atom is 0.277 e. The summed E-state index contributed by atoms with van der Waals surface area (Å²) in [5.41, 5.74) is 2.04. The van der Waals surface area contributed by atoms with Gasteiger partial charge in [-0.3, -0.25) is 4.79 Å². The highest BCUT2D eigenvalue weighted by Crippen LogP contribution is 2.35. The van der Waals surface area contributed by atoms with Crippen molar-refractivity contribution < 1.29 is 9.21 Å². The summed E-state index contributed by atoms with van der Waals surface area (Å²) in [5, 5.41) is 11.3. The first-order valence-corrected chi connectivity index (χ1v) is 9.54. The molecule has 1 aliphatic rings.